The Morgan fingerprint density at radius 3 is 2.56 bits per heavy atom. The van der Waals surface area contributed by atoms with Gasteiger partial charge in [-0.3, -0.25) is 9.69 Å². The maximum Gasteiger partial charge on any atom is 0.298 e. The number of rotatable bonds is 9. The van der Waals surface area contributed by atoms with Crippen LogP contribution in [0.3, 0.4) is 0 Å². The van der Waals surface area contributed by atoms with E-state index < -0.39 is 0 Å². The molecule has 0 bridgehead atoms. The third kappa shape index (κ3) is 5.94. The van der Waals surface area contributed by atoms with E-state index in [1.165, 1.54) is 71.2 Å². The summed E-state index contributed by atoms with van der Waals surface area (Å²) >= 11 is 0. The lowest BCUT2D eigenvalue weighted by Gasteiger charge is -2.40. The first-order chi connectivity index (χ1) is 13.3. The van der Waals surface area contributed by atoms with Crippen molar-refractivity contribution in [3.63, 3.8) is 0 Å². The molecule has 1 heterocycles. The van der Waals surface area contributed by atoms with Crippen molar-refractivity contribution < 1.29 is 9.53 Å². The summed E-state index contributed by atoms with van der Waals surface area (Å²) in [5.74, 6) is 0.633. The number of anilines is 1. The SMILES string of the molecule is CN(CCCCN1CCN(C2CCCCC2)CC1)c1ccccc1OC=O. The third-order valence-corrected chi connectivity index (χ3v) is 6.17. The van der Waals surface area contributed by atoms with Crippen LogP contribution in [-0.4, -0.2) is 68.6 Å². The molecule has 5 heteroatoms. The molecule has 1 saturated carbocycles. The summed E-state index contributed by atoms with van der Waals surface area (Å²) in [6.07, 6.45) is 9.50. The van der Waals surface area contributed by atoms with Gasteiger partial charge in [0, 0.05) is 45.8 Å². The highest BCUT2D eigenvalue weighted by Gasteiger charge is 2.24. The maximum absolute atomic E-state index is 10.7. The van der Waals surface area contributed by atoms with Gasteiger partial charge in [0.25, 0.3) is 6.47 Å². The Kier molecular flexibility index (Phi) is 7.96. The van der Waals surface area contributed by atoms with Crippen molar-refractivity contribution in [3.05, 3.63) is 24.3 Å². The first kappa shape index (κ1) is 20.2. The highest BCUT2D eigenvalue weighted by Crippen LogP contribution is 2.27. The zero-order valence-electron chi connectivity index (χ0n) is 16.8. The predicted molar refractivity (Wildman–Crippen MR) is 111 cm³/mol. The molecule has 1 aliphatic heterocycles. The number of carbonyl (C=O) groups is 1. The van der Waals surface area contributed by atoms with Crippen molar-refractivity contribution >= 4 is 12.2 Å². The first-order valence-corrected chi connectivity index (χ1v) is 10.6. The van der Waals surface area contributed by atoms with E-state index in [0.29, 0.717) is 12.2 Å². The Hall–Kier alpha value is -1.59. The number of nitrogens with zero attached hydrogens (tertiary/aromatic N) is 3. The quantitative estimate of drug-likeness (QED) is 0.490. The molecule has 2 fully saturated rings. The maximum atomic E-state index is 10.7. The van der Waals surface area contributed by atoms with Crippen LogP contribution in [0.15, 0.2) is 24.3 Å². The smallest absolute Gasteiger partial charge is 0.298 e. The van der Waals surface area contributed by atoms with Crippen LogP contribution in [0.25, 0.3) is 0 Å². The number of para-hydroxylation sites is 2. The van der Waals surface area contributed by atoms with Crippen LogP contribution in [0.1, 0.15) is 44.9 Å². The third-order valence-electron chi connectivity index (χ3n) is 6.17. The largest absolute Gasteiger partial charge is 0.427 e. The van der Waals surface area contributed by atoms with Crippen LogP contribution in [0.4, 0.5) is 5.69 Å². The van der Waals surface area contributed by atoms with Gasteiger partial charge in [0.05, 0.1) is 5.69 Å². The van der Waals surface area contributed by atoms with E-state index in [1.54, 1.807) is 0 Å². The summed E-state index contributed by atoms with van der Waals surface area (Å²) in [4.78, 5) is 18.2. The summed E-state index contributed by atoms with van der Waals surface area (Å²) < 4.78 is 5.08. The van der Waals surface area contributed by atoms with Gasteiger partial charge < -0.3 is 14.5 Å². The molecule has 2 aliphatic rings. The molecule has 27 heavy (non-hydrogen) atoms. The number of unbranched alkanes of at least 4 members (excludes halogenated alkanes) is 1. The average Bonchev–Trinajstić information content (AvgIpc) is 2.73. The summed E-state index contributed by atoms with van der Waals surface area (Å²) in [6.45, 7) is 7.62. The molecule has 0 radical (unpaired) electrons. The average molecular weight is 374 g/mol. The molecule has 1 saturated heterocycles. The van der Waals surface area contributed by atoms with Crippen LogP contribution in [-0.2, 0) is 4.79 Å². The fourth-order valence-electron chi connectivity index (χ4n) is 4.53. The minimum atomic E-state index is 0.500. The minimum absolute atomic E-state index is 0.500. The fraction of sp³-hybridized carbons (Fsp3) is 0.682. The second-order valence-electron chi connectivity index (χ2n) is 7.98. The van der Waals surface area contributed by atoms with Gasteiger partial charge in [-0.05, 0) is 44.4 Å². The second-order valence-corrected chi connectivity index (χ2v) is 7.98. The van der Waals surface area contributed by atoms with Crippen molar-refractivity contribution in [2.45, 2.75) is 51.0 Å². The highest BCUT2D eigenvalue weighted by atomic mass is 16.5. The van der Waals surface area contributed by atoms with Gasteiger partial charge in [0.15, 0.2) is 5.75 Å². The molecule has 3 rings (SSSR count). The Labute approximate surface area is 164 Å². The van der Waals surface area contributed by atoms with Gasteiger partial charge >= 0.3 is 0 Å². The molecule has 1 aromatic carbocycles. The number of carbonyl (C=O) groups excluding carboxylic acids is 1. The van der Waals surface area contributed by atoms with E-state index in [-0.39, 0.29) is 0 Å². The van der Waals surface area contributed by atoms with Gasteiger partial charge in [-0.1, -0.05) is 31.4 Å². The summed E-state index contributed by atoms with van der Waals surface area (Å²) in [7, 11) is 2.07. The topological polar surface area (TPSA) is 36.0 Å². The van der Waals surface area contributed by atoms with E-state index in [9.17, 15) is 4.79 Å². The van der Waals surface area contributed by atoms with Gasteiger partial charge in [0.1, 0.15) is 0 Å². The van der Waals surface area contributed by atoms with Crippen LogP contribution in [0.2, 0.25) is 0 Å². The molecule has 0 atom stereocenters. The molecule has 0 spiro atoms. The molecule has 1 aromatic rings. The van der Waals surface area contributed by atoms with Gasteiger partial charge in [-0.15, -0.1) is 0 Å². The molecular weight excluding hydrogens is 338 g/mol. The first-order valence-electron chi connectivity index (χ1n) is 10.6. The monoisotopic (exact) mass is 373 g/mol. The van der Waals surface area contributed by atoms with E-state index in [0.717, 1.165) is 24.7 Å². The van der Waals surface area contributed by atoms with Crippen molar-refractivity contribution in [1.82, 2.24) is 9.80 Å². The summed E-state index contributed by atoms with van der Waals surface area (Å²) in [5, 5.41) is 0. The van der Waals surface area contributed by atoms with Crippen molar-refractivity contribution in [2.75, 3.05) is 51.2 Å². The number of hydrogen-bond acceptors (Lipinski definition) is 5. The van der Waals surface area contributed by atoms with Gasteiger partial charge in [0.2, 0.25) is 0 Å². The number of hydrogen-bond donors (Lipinski definition) is 0. The Morgan fingerprint density at radius 2 is 1.81 bits per heavy atom. The normalized spacial score (nSPS) is 19.7. The molecule has 0 aromatic heterocycles. The lowest BCUT2D eigenvalue weighted by molar-refractivity contribution is -0.120. The number of piperazine rings is 1. The standard InChI is InChI=1S/C22H35N3O2/c1-23(21-11-5-6-12-22(21)27-19-26)13-7-8-14-24-15-17-25(18-16-24)20-9-3-2-4-10-20/h5-6,11-12,19-20H,2-4,7-10,13-18H2,1H3. The molecule has 1 aliphatic carbocycles. The second kappa shape index (κ2) is 10.7. The van der Waals surface area contributed by atoms with Crippen LogP contribution < -0.4 is 9.64 Å². The highest BCUT2D eigenvalue weighted by molar-refractivity contribution is 5.61. The molecular formula is C22H35N3O2. The Balaban J connectivity index is 1.33. The van der Waals surface area contributed by atoms with E-state index in [4.69, 9.17) is 4.74 Å². The zero-order chi connectivity index (χ0) is 18.9. The van der Waals surface area contributed by atoms with E-state index >= 15 is 0 Å². The van der Waals surface area contributed by atoms with E-state index in [1.807, 2.05) is 24.3 Å². The fourth-order valence-corrected chi connectivity index (χ4v) is 4.53. The summed E-state index contributed by atoms with van der Waals surface area (Å²) in [5.41, 5.74) is 0.977. The molecule has 5 nitrogen and oxygen atoms in total. The van der Waals surface area contributed by atoms with Crippen LogP contribution in [0.5, 0.6) is 5.75 Å². The van der Waals surface area contributed by atoms with Crippen molar-refractivity contribution in [1.29, 1.82) is 0 Å². The van der Waals surface area contributed by atoms with E-state index in [2.05, 4.69) is 21.7 Å². The lowest BCUT2D eigenvalue weighted by Crippen LogP contribution is -2.50. The Morgan fingerprint density at radius 1 is 1.07 bits per heavy atom. The summed E-state index contributed by atoms with van der Waals surface area (Å²) in [6, 6.07) is 8.58. The van der Waals surface area contributed by atoms with Gasteiger partial charge in [-0.2, -0.15) is 0 Å². The van der Waals surface area contributed by atoms with Crippen molar-refractivity contribution in [3.8, 4) is 5.75 Å². The molecule has 0 unspecified atom stereocenters. The van der Waals surface area contributed by atoms with Gasteiger partial charge in [-0.25, -0.2) is 0 Å². The van der Waals surface area contributed by atoms with Crippen molar-refractivity contribution in [2.24, 2.45) is 0 Å². The molecule has 150 valence electrons. The number of benzene rings is 1. The molecule has 0 N–H and O–H groups in total. The lowest BCUT2D eigenvalue weighted by atomic mass is 9.94. The zero-order valence-corrected chi connectivity index (χ0v) is 16.8. The predicted octanol–water partition coefficient (Wildman–Crippen LogP) is 3.39. The minimum Gasteiger partial charge on any atom is -0.427 e. The molecule has 0 amide bonds. The van der Waals surface area contributed by atoms with Crippen LogP contribution >= 0.6 is 0 Å². The Bertz CT molecular complexity index is 566. The van der Waals surface area contributed by atoms with Crippen LogP contribution in [0, 0.1) is 0 Å². The number of ether oxygens (including phenoxy) is 1.